The molecule has 0 unspecified atom stereocenters. The molecule has 0 spiro atoms. The molecule has 1 saturated heterocycles. The zero-order valence-corrected chi connectivity index (χ0v) is 16.6. The van der Waals surface area contributed by atoms with Crippen molar-refractivity contribution in [2.24, 2.45) is 11.8 Å². The van der Waals surface area contributed by atoms with Crippen LogP contribution in [-0.2, 0) is 14.3 Å². The van der Waals surface area contributed by atoms with Crippen molar-refractivity contribution in [3.05, 3.63) is 66.0 Å². The lowest BCUT2D eigenvalue weighted by Gasteiger charge is -2.29. The van der Waals surface area contributed by atoms with Gasteiger partial charge in [0.2, 0.25) is 5.91 Å². The highest BCUT2D eigenvalue weighted by Gasteiger charge is 2.41. The number of carbonyl (C=O) groups excluding carboxylic acids is 1. The lowest BCUT2D eigenvalue weighted by Crippen LogP contribution is -2.21. The molecule has 0 atom stereocenters. The summed E-state index contributed by atoms with van der Waals surface area (Å²) in [6.45, 7) is 3.45. The van der Waals surface area contributed by atoms with Crippen LogP contribution in [-0.4, -0.2) is 18.8 Å². The summed E-state index contributed by atoms with van der Waals surface area (Å²) < 4.78 is 35.0. The molecule has 5 nitrogen and oxygen atoms in total. The molecule has 158 valence electrons. The van der Waals surface area contributed by atoms with Crippen LogP contribution in [0.5, 0.6) is 0 Å². The van der Waals surface area contributed by atoms with Crippen LogP contribution < -0.4 is 5.32 Å². The molecular weight excluding hydrogens is 390 g/mol. The minimum Gasteiger partial charge on any atom is -0.411 e. The van der Waals surface area contributed by atoms with Gasteiger partial charge in [-0.25, -0.2) is 0 Å². The molecule has 2 fully saturated rings. The number of hydrogen-bond donors (Lipinski definition) is 1. The lowest BCUT2D eigenvalue weighted by atomic mass is 9.77. The summed E-state index contributed by atoms with van der Waals surface area (Å²) in [5.41, 5.74) is 2.11. The second kappa shape index (κ2) is 9.68. The van der Waals surface area contributed by atoms with E-state index in [1.54, 1.807) is 36.4 Å². The number of nitriles is 1. The lowest BCUT2D eigenvalue weighted by molar-refractivity contribution is -0.334. The van der Waals surface area contributed by atoms with E-state index in [2.05, 4.69) is 21.4 Å². The molecule has 1 aromatic rings. The third-order valence-electron chi connectivity index (χ3n) is 5.36. The minimum atomic E-state index is -3.56. The van der Waals surface area contributed by atoms with E-state index in [1.807, 2.05) is 12.1 Å². The number of alkyl halides is 2. The summed E-state index contributed by atoms with van der Waals surface area (Å²) in [5.74, 6) is 0.529. The van der Waals surface area contributed by atoms with Gasteiger partial charge in [0.15, 0.2) is 0 Å². The van der Waals surface area contributed by atoms with E-state index >= 15 is 0 Å². The highest BCUT2D eigenvalue weighted by molar-refractivity contribution is 5.90. The number of hydrogen-bond acceptors (Lipinski definition) is 4. The number of benzene rings is 1. The average molecular weight is 414 g/mol. The Kier molecular flexibility index (Phi) is 7.01. The molecular formula is C23H24F2N2O3. The van der Waals surface area contributed by atoms with Crippen molar-refractivity contribution in [1.82, 2.24) is 0 Å². The van der Waals surface area contributed by atoms with Crippen LogP contribution in [0.25, 0.3) is 0 Å². The van der Waals surface area contributed by atoms with E-state index < -0.39 is 6.29 Å². The fourth-order valence-corrected chi connectivity index (χ4v) is 3.86. The van der Waals surface area contributed by atoms with Gasteiger partial charge >= 0.3 is 6.29 Å². The third-order valence-corrected chi connectivity index (χ3v) is 5.36. The predicted molar refractivity (Wildman–Crippen MR) is 108 cm³/mol. The Labute approximate surface area is 174 Å². The van der Waals surface area contributed by atoms with Gasteiger partial charge in [0.05, 0.1) is 11.6 Å². The first kappa shape index (κ1) is 21.7. The van der Waals surface area contributed by atoms with Crippen LogP contribution in [0, 0.1) is 23.2 Å². The Hall–Kier alpha value is -2.98. The minimum absolute atomic E-state index is 0.0501. The molecule has 0 aromatic heterocycles. The smallest absolute Gasteiger partial charge is 0.411 e. The molecule has 1 aliphatic heterocycles. The highest BCUT2D eigenvalue weighted by Crippen LogP contribution is 2.37. The van der Waals surface area contributed by atoms with Crippen molar-refractivity contribution in [3.8, 4) is 6.07 Å². The van der Waals surface area contributed by atoms with Crippen molar-refractivity contribution in [1.29, 1.82) is 5.26 Å². The molecule has 1 saturated carbocycles. The Balaban J connectivity index is 1.51. The highest BCUT2D eigenvalue weighted by atomic mass is 19.3. The van der Waals surface area contributed by atoms with Gasteiger partial charge in [0.25, 0.3) is 0 Å². The van der Waals surface area contributed by atoms with E-state index in [9.17, 15) is 13.6 Å². The maximum atomic E-state index is 13.1. The number of halogens is 2. The third kappa shape index (κ3) is 6.01. The molecule has 3 rings (SSSR count). The summed E-state index contributed by atoms with van der Waals surface area (Å²) in [5, 5.41) is 11.7. The summed E-state index contributed by atoms with van der Waals surface area (Å²) in [6.07, 6.45) is 5.39. The molecule has 2 aliphatic rings. The largest absolute Gasteiger partial charge is 0.535 e. The predicted octanol–water partition coefficient (Wildman–Crippen LogP) is 5.29. The van der Waals surface area contributed by atoms with E-state index in [1.165, 1.54) is 0 Å². The molecule has 0 radical (unpaired) electrons. The van der Waals surface area contributed by atoms with E-state index in [-0.39, 0.29) is 30.1 Å². The van der Waals surface area contributed by atoms with Gasteiger partial charge in [0, 0.05) is 12.1 Å². The van der Waals surface area contributed by atoms with E-state index in [0.717, 1.165) is 31.3 Å². The second-order valence-corrected chi connectivity index (χ2v) is 7.53. The van der Waals surface area contributed by atoms with Crippen LogP contribution in [0.4, 0.5) is 14.5 Å². The number of carbonyl (C=O) groups is 1. The Morgan fingerprint density at radius 1 is 1.27 bits per heavy atom. The average Bonchev–Trinajstić information content (AvgIpc) is 3.07. The maximum absolute atomic E-state index is 13.1. The Bertz CT molecular complexity index is 877. The van der Waals surface area contributed by atoms with E-state index in [4.69, 9.17) is 5.26 Å². The van der Waals surface area contributed by atoms with Crippen LogP contribution in [0.15, 0.2) is 60.4 Å². The maximum Gasteiger partial charge on any atom is 0.535 e. The van der Waals surface area contributed by atoms with Crippen molar-refractivity contribution in [3.63, 3.8) is 0 Å². The fourth-order valence-electron chi connectivity index (χ4n) is 3.86. The number of allylic oxidation sites excluding steroid dienone is 4. The molecule has 1 aromatic carbocycles. The first-order valence-corrected chi connectivity index (χ1v) is 9.92. The number of nitrogens with one attached hydrogen (secondary N) is 1. The first-order chi connectivity index (χ1) is 14.4. The Morgan fingerprint density at radius 2 is 1.97 bits per heavy atom. The van der Waals surface area contributed by atoms with Crippen molar-refractivity contribution in [2.45, 2.75) is 38.4 Å². The molecule has 0 bridgehead atoms. The van der Waals surface area contributed by atoms with Gasteiger partial charge in [-0.1, -0.05) is 18.7 Å². The molecule has 30 heavy (non-hydrogen) atoms. The van der Waals surface area contributed by atoms with E-state index in [0.29, 0.717) is 17.7 Å². The van der Waals surface area contributed by atoms with Gasteiger partial charge in [-0.3, -0.25) is 9.53 Å². The zero-order chi connectivity index (χ0) is 21.6. The SMILES string of the molecule is C=C/C=C(\C=C1/COC(F)(F)O1)C1CCC(CC(=O)Nc2ccc(C#N)cc2)CC1. The molecule has 1 heterocycles. The quantitative estimate of drug-likeness (QED) is 0.643. The zero-order valence-electron chi connectivity index (χ0n) is 16.6. The van der Waals surface area contributed by atoms with Gasteiger partial charge in [0.1, 0.15) is 12.4 Å². The van der Waals surface area contributed by atoms with Crippen molar-refractivity contribution in [2.75, 3.05) is 11.9 Å². The molecule has 7 heteroatoms. The summed E-state index contributed by atoms with van der Waals surface area (Å²) in [6, 6.07) is 8.80. The number of rotatable bonds is 6. The summed E-state index contributed by atoms with van der Waals surface area (Å²) in [7, 11) is 0. The van der Waals surface area contributed by atoms with Crippen LogP contribution in [0.3, 0.4) is 0 Å². The molecule has 1 aliphatic carbocycles. The number of amides is 1. The number of nitrogens with zero attached hydrogens (tertiary/aromatic N) is 1. The first-order valence-electron chi connectivity index (χ1n) is 9.92. The number of ether oxygens (including phenoxy) is 2. The summed E-state index contributed by atoms with van der Waals surface area (Å²) >= 11 is 0. The number of anilines is 1. The Morgan fingerprint density at radius 3 is 2.53 bits per heavy atom. The van der Waals surface area contributed by atoms with Gasteiger partial charge in [-0.2, -0.15) is 5.26 Å². The van der Waals surface area contributed by atoms with Crippen LogP contribution in [0.2, 0.25) is 0 Å². The standard InChI is InChI=1S/C23H24F2N2O3/c1-2-3-19(13-21-15-29-23(24,25)30-21)18-8-4-16(5-9-18)12-22(28)27-20-10-6-17(14-26)7-11-20/h2-3,6-7,10-11,13,16,18H,1,4-5,8-9,12,15H2,(H,27,28)/b19-3+,21-13+. The summed E-state index contributed by atoms with van der Waals surface area (Å²) in [4.78, 5) is 12.3. The van der Waals surface area contributed by atoms with Crippen molar-refractivity contribution < 1.29 is 23.0 Å². The molecule has 1 N–H and O–H groups in total. The second-order valence-electron chi connectivity index (χ2n) is 7.53. The van der Waals surface area contributed by atoms with Crippen molar-refractivity contribution >= 4 is 11.6 Å². The topological polar surface area (TPSA) is 71.3 Å². The van der Waals surface area contributed by atoms with Crippen LogP contribution in [0.1, 0.15) is 37.7 Å². The van der Waals surface area contributed by atoms with Crippen LogP contribution >= 0.6 is 0 Å². The normalized spacial score (nSPS) is 24.7. The van der Waals surface area contributed by atoms with Gasteiger partial charge in [-0.15, -0.1) is 8.78 Å². The molecule has 1 amide bonds. The fraction of sp³-hybridized carbons (Fsp3) is 0.391. The van der Waals surface area contributed by atoms with Gasteiger partial charge < -0.3 is 10.1 Å². The van der Waals surface area contributed by atoms with Gasteiger partial charge in [-0.05, 0) is 73.4 Å². The monoisotopic (exact) mass is 414 g/mol.